The van der Waals surface area contributed by atoms with Crippen LogP contribution in [-0.2, 0) is 15.9 Å². The molecule has 45 heavy (non-hydrogen) atoms. The fourth-order valence-corrected chi connectivity index (χ4v) is 5.02. The normalized spacial score (nSPS) is 14.2. The summed E-state index contributed by atoms with van der Waals surface area (Å²) in [6.07, 6.45) is 1.79. The molecule has 1 unspecified atom stereocenters. The molecule has 0 spiro atoms. The Kier molecular flexibility index (Phi) is 12.4. The molecule has 0 aromatic heterocycles. The highest BCUT2D eigenvalue weighted by molar-refractivity contribution is 6.06. The number of hydrogen-bond donors (Lipinski definition) is 4. The Labute approximate surface area is 265 Å². The number of ether oxygens (including phenoxy) is 2. The second kappa shape index (κ2) is 16.6. The number of nitrogens with one attached hydrogen (secondary N) is 4. The summed E-state index contributed by atoms with van der Waals surface area (Å²) in [5, 5.41) is 11.7. The Balaban J connectivity index is 1.38. The summed E-state index contributed by atoms with van der Waals surface area (Å²) in [6.45, 7) is 10.1. The number of urea groups is 1. The highest BCUT2D eigenvalue weighted by Gasteiger charge is 2.19. The zero-order valence-corrected chi connectivity index (χ0v) is 26.4. The molecule has 4 amide bonds. The van der Waals surface area contributed by atoms with Gasteiger partial charge in [0.25, 0.3) is 5.91 Å². The van der Waals surface area contributed by atoms with Crippen LogP contribution in [-0.4, -0.2) is 67.9 Å². The molecule has 3 aromatic rings. The second-order valence-corrected chi connectivity index (χ2v) is 12.0. The van der Waals surface area contributed by atoms with Crippen molar-refractivity contribution in [1.29, 1.82) is 0 Å². The van der Waals surface area contributed by atoms with Crippen molar-refractivity contribution in [3.05, 3.63) is 95.6 Å². The lowest BCUT2D eigenvalue weighted by Crippen LogP contribution is -2.40. The number of benzene rings is 3. The minimum Gasteiger partial charge on any atom is -0.444 e. The number of nitrogens with zero attached hydrogens (tertiary/aromatic N) is 1. The topological polar surface area (TPSA) is 121 Å². The van der Waals surface area contributed by atoms with Crippen LogP contribution in [0.3, 0.4) is 0 Å². The molecule has 1 aliphatic heterocycles. The van der Waals surface area contributed by atoms with Gasteiger partial charge < -0.3 is 25.4 Å². The number of carbonyl (C=O) groups is 3. The fourth-order valence-electron chi connectivity index (χ4n) is 5.02. The molecule has 1 heterocycles. The summed E-state index contributed by atoms with van der Waals surface area (Å²) in [7, 11) is 0. The summed E-state index contributed by atoms with van der Waals surface area (Å²) >= 11 is 0. The van der Waals surface area contributed by atoms with E-state index in [1.807, 2.05) is 42.5 Å². The van der Waals surface area contributed by atoms with Crippen molar-refractivity contribution < 1.29 is 23.9 Å². The van der Waals surface area contributed by atoms with Crippen LogP contribution in [0, 0.1) is 0 Å². The third-order valence-electron chi connectivity index (χ3n) is 7.30. The molecule has 0 radical (unpaired) electrons. The van der Waals surface area contributed by atoms with Crippen molar-refractivity contribution in [3.8, 4) is 0 Å². The van der Waals surface area contributed by atoms with E-state index >= 15 is 0 Å². The predicted molar refractivity (Wildman–Crippen MR) is 177 cm³/mol. The van der Waals surface area contributed by atoms with Gasteiger partial charge in [-0.1, -0.05) is 54.6 Å². The van der Waals surface area contributed by atoms with Crippen LogP contribution in [0.1, 0.15) is 61.1 Å². The van der Waals surface area contributed by atoms with Crippen LogP contribution >= 0.6 is 0 Å². The van der Waals surface area contributed by atoms with E-state index in [1.54, 1.807) is 57.2 Å². The smallest absolute Gasteiger partial charge is 0.412 e. The Hall–Kier alpha value is -4.41. The lowest BCUT2D eigenvalue weighted by Gasteiger charge is -2.27. The van der Waals surface area contributed by atoms with E-state index in [-0.39, 0.29) is 18.0 Å². The first-order valence-corrected chi connectivity index (χ1v) is 15.5. The van der Waals surface area contributed by atoms with Gasteiger partial charge in [0.1, 0.15) is 5.60 Å². The van der Waals surface area contributed by atoms with E-state index in [0.717, 1.165) is 63.2 Å². The minimum absolute atomic E-state index is 0.223. The summed E-state index contributed by atoms with van der Waals surface area (Å²) in [4.78, 5) is 40.8. The quantitative estimate of drug-likeness (QED) is 0.199. The van der Waals surface area contributed by atoms with Crippen LogP contribution in [0.5, 0.6) is 0 Å². The van der Waals surface area contributed by atoms with Crippen molar-refractivity contribution >= 4 is 29.4 Å². The fraction of sp³-hybridized carbons (Fsp3) is 0.400. The van der Waals surface area contributed by atoms with Crippen molar-refractivity contribution in [2.24, 2.45) is 0 Å². The van der Waals surface area contributed by atoms with E-state index in [1.165, 1.54) is 0 Å². The van der Waals surface area contributed by atoms with Crippen molar-refractivity contribution in [2.45, 2.75) is 51.7 Å². The first kappa shape index (κ1) is 33.5. The predicted octanol–water partition coefficient (Wildman–Crippen LogP) is 5.98. The zero-order valence-electron chi connectivity index (χ0n) is 26.4. The third-order valence-corrected chi connectivity index (χ3v) is 7.30. The lowest BCUT2D eigenvalue weighted by molar-refractivity contribution is 0.0369. The van der Waals surface area contributed by atoms with Gasteiger partial charge in [-0.15, -0.1) is 0 Å². The lowest BCUT2D eigenvalue weighted by atomic mass is 10.00. The van der Waals surface area contributed by atoms with Crippen LogP contribution in [0.2, 0.25) is 0 Å². The van der Waals surface area contributed by atoms with Gasteiger partial charge in [-0.3, -0.25) is 15.0 Å². The van der Waals surface area contributed by atoms with Gasteiger partial charge in [0.2, 0.25) is 0 Å². The molecule has 1 fully saturated rings. The Bertz CT molecular complexity index is 1390. The summed E-state index contributed by atoms with van der Waals surface area (Å²) in [6, 6.07) is 23.8. The van der Waals surface area contributed by atoms with E-state index in [0.29, 0.717) is 23.5 Å². The van der Waals surface area contributed by atoms with Gasteiger partial charge in [0.15, 0.2) is 0 Å². The summed E-state index contributed by atoms with van der Waals surface area (Å²) in [5.74, 6) is -0.324. The third kappa shape index (κ3) is 11.6. The Morgan fingerprint density at radius 3 is 2.18 bits per heavy atom. The molecule has 1 aliphatic rings. The standard InChI is InChI=1S/C35H45N5O5/c1-35(2,3)45-34(43)39-31-13-8-7-12-30(31)37-32(41)28-17-15-27(16-18-28)29(14-9-21-40-22-24-44-25-23-40)38-33(42)36-20-19-26-10-5-4-6-11-26/h4-8,10-13,15-18,29H,9,14,19-25H2,1-3H3,(H,37,41)(H,39,43)(H2,36,38,42). The number of para-hydroxylation sites is 2. The molecule has 4 N–H and O–H groups in total. The summed E-state index contributed by atoms with van der Waals surface area (Å²) < 4.78 is 10.8. The van der Waals surface area contributed by atoms with Gasteiger partial charge in [-0.25, -0.2) is 9.59 Å². The first-order chi connectivity index (χ1) is 21.7. The maximum absolute atomic E-state index is 13.2. The average molecular weight is 616 g/mol. The number of carbonyl (C=O) groups excluding carboxylic acids is 3. The van der Waals surface area contributed by atoms with Gasteiger partial charge in [-0.05, 0) is 82.0 Å². The number of anilines is 2. The molecule has 0 aliphatic carbocycles. The molecule has 4 rings (SSSR count). The Morgan fingerprint density at radius 1 is 0.867 bits per heavy atom. The molecule has 1 atom stereocenters. The second-order valence-electron chi connectivity index (χ2n) is 12.0. The van der Waals surface area contributed by atoms with Gasteiger partial charge >= 0.3 is 12.1 Å². The zero-order chi connectivity index (χ0) is 32.1. The molecule has 0 bridgehead atoms. The molecule has 10 nitrogen and oxygen atoms in total. The monoisotopic (exact) mass is 615 g/mol. The van der Waals surface area contributed by atoms with Crippen LogP contribution in [0.15, 0.2) is 78.9 Å². The molecule has 10 heteroatoms. The van der Waals surface area contributed by atoms with Gasteiger partial charge in [-0.2, -0.15) is 0 Å². The van der Waals surface area contributed by atoms with Crippen LogP contribution in [0.25, 0.3) is 0 Å². The van der Waals surface area contributed by atoms with Crippen molar-refractivity contribution in [3.63, 3.8) is 0 Å². The first-order valence-electron chi connectivity index (χ1n) is 15.5. The molecule has 0 saturated carbocycles. The highest BCUT2D eigenvalue weighted by Crippen LogP contribution is 2.24. The maximum atomic E-state index is 13.2. The van der Waals surface area contributed by atoms with Crippen molar-refractivity contribution in [2.75, 3.05) is 50.0 Å². The minimum atomic E-state index is -0.651. The maximum Gasteiger partial charge on any atom is 0.412 e. The van der Waals surface area contributed by atoms with Gasteiger partial charge in [0, 0.05) is 25.2 Å². The van der Waals surface area contributed by atoms with E-state index in [4.69, 9.17) is 9.47 Å². The largest absolute Gasteiger partial charge is 0.444 e. The van der Waals surface area contributed by atoms with Gasteiger partial charge in [0.05, 0.1) is 30.6 Å². The number of amides is 4. The summed E-state index contributed by atoms with van der Waals surface area (Å²) in [5.41, 5.74) is 2.76. The van der Waals surface area contributed by atoms with Crippen LogP contribution in [0.4, 0.5) is 21.0 Å². The molecular formula is C35H45N5O5. The van der Waals surface area contributed by atoms with Crippen molar-refractivity contribution in [1.82, 2.24) is 15.5 Å². The molecule has 240 valence electrons. The van der Waals surface area contributed by atoms with E-state index < -0.39 is 11.7 Å². The van der Waals surface area contributed by atoms with Crippen LogP contribution < -0.4 is 21.3 Å². The molecular weight excluding hydrogens is 570 g/mol. The number of morpholine rings is 1. The number of hydrogen-bond acceptors (Lipinski definition) is 6. The van der Waals surface area contributed by atoms with E-state index in [9.17, 15) is 14.4 Å². The molecule has 1 saturated heterocycles. The average Bonchev–Trinajstić information content (AvgIpc) is 3.02. The highest BCUT2D eigenvalue weighted by atomic mass is 16.6. The SMILES string of the molecule is CC(C)(C)OC(=O)Nc1ccccc1NC(=O)c1ccc(C(CCCN2CCOCC2)NC(=O)NCCc2ccccc2)cc1. The molecule has 3 aromatic carbocycles. The Morgan fingerprint density at radius 2 is 1.51 bits per heavy atom. The van der Waals surface area contributed by atoms with E-state index in [2.05, 4.69) is 26.2 Å². The number of rotatable bonds is 12.